The molecule has 2 aromatic carbocycles. The number of carboxylic acid groups (broad SMARTS) is 1. The molecule has 0 aliphatic rings. The van der Waals surface area contributed by atoms with Crippen LogP contribution in [0.1, 0.15) is 45.6 Å². The summed E-state index contributed by atoms with van der Waals surface area (Å²) in [4.78, 5) is 11.7. The van der Waals surface area contributed by atoms with Crippen LogP contribution < -0.4 is 4.74 Å². The average molecular weight is 439 g/mol. The first kappa shape index (κ1) is 23.2. The van der Waals surface area contributed by atoms with Gasteiger partial charge >= 0.3 is 5.97 Å². The lowest BCUT2D eigenvalue weighted by Gasteiger charge is -2.20. The standard InChI is InChI=1S/C22H27ClO5S/c1-22(2,3)16-7-11-18(12-8-16)28-20(21(24)25)6-4-5-15-29(26,27)19-13-9-17(23)10-14-19/h7-14,20H,4-6,15H2,1-3H3,(H,24,25). The highest BCUT2D eigenvalue weighted by atomic mass is 35.5. The fourth-order valence-electron chi connectivity index (χ4n) is 2.81. The average Bonchev–Trinajstić information content (AvgIpc) is 2.64. The SMILES string of the molecule is CC(C)(C)c1ccc(OC(CCCCS(=O)(=O)c2ccc(Cl)cc2)C(=O)O)cc1. The van der Waals surface area contributed by atoms with Gasteiger partial charge in [0.2, 0.25) is 0 Å². The molecule has 0 spiro atoms. The van der Waals surface area contributed by atoms with E-state index in [9.17, 15) is 18.3 Å². The molecule has 1 unspecified atom stereocenters. The maximum atomic E-state index is 12.3. The van der Waals surface area contributed by atoms with Crippen molar-refractivity contribution in [1.82, 2.24) is 0 Å². The molecule has 158 valence electrons. The Kier molecular flexibility index (Phi) is 7.72. The van der Waals surface area contributed by atoms with Crippen molar-refractivity contribution >= 4 is 27.4 Å². The summed E-state index contributed by atoms with van der Waals surface area (Å²) >= 11 is 5.79. The Morgan fingerprint density at radius 3 is 2.14 bits per heavy atom. The Hall–Kier alpha value is -2.05. The predicted molar refractivity (Wildman–Crippen MR) is 115 cm³/mol. The zero-order valence-electron chi connectivity index (χ0n) is 16.9. The van der Waals surface area contributed by atoms with Gasteiger partial charge in [-0.05, 0) is 66.6 Å². The Morgan fingerprint density at radius 1 is 1.03 bits per heavy atom. The molecule has 0 radical (unpaired) electrons. The Bertz CT molecular complexity index is 913. The summed E-state index contributed by atoms with van der Waals surface area (Å²) in [7, 11) is -3.42. The van der Waals surface area contributed by atoms with Crippen LogP contribution in [0.25, 0.3) is 0 Å². The molecule has 0 saturated carbocycles. The number of rotatable bonds is 9. The largest absolute Gasteiger partial charge is 0.479 e. The van der Waals surface area contributed by atoms with Crippen molar-refractivity contribution in [2.24, 2.45) is 0 Å². The van der Waals surface area contributed by atoms with Gasteiger partial charge in [0.05, 0.1) is 10.6 Å². The molecule has 2 rings (SSSR count). The summed E-state index contributed by atoms with van der Waals surface area (Å²) in [6.45, 7) is 6.29. The first-order valence-electron chi connectivity index (χ1n) is 9.47. The normalized spacial score (nSPS) is 13.1. The van der Waals surface area contributed by atoms with Crippen LogP contribution in [0.3, 0.4) is 0 Å². The third kappa shape index (κ3) is 7.05. The molecule has 0 fully saturated rings. The summed E-state index contributed by atoms with van der Waals surface area (Å²) in [5.41, 5.74) is 1.13. The summed E-state index contributed by atoms with van der Waals surface area (Å²) in [5, 5.41) is 9.90. The molecule has 0 aliphatic heterocycles. The number of benzene rings is 2. The molecule has 0 heterocycles. The summed E-state index contributed by atoms with van der Waals surface area (Å²) in [5.74, 6) is -0.633. The number of carboxylic acids is 1. The highest BCUT2D eigenvalue weighted by molar-refractivity contribution is 7.91. The van der Waals surface area contributed by atoms with Crippen molar-refractivity contribution in [3.8, 4) is 5.75 Å². The van der Waals surface area contributed by atoms with Gasteiger partial charge in [0, 0.05) is 5.02 Å². The minimum Gasteiger partial charge on any atom is -0.479 e. The topological polar surface area (TPSA) is 80.7 Å². The summed E-state index contributed by atoms with van der Waals surface area (Å²) in [6, 6.07) is 13.4. The number of halogens is 1. The fraction of sp³-hybridized carbons (Fsp3) is 0.409. The van der Waals surface area contributed by atoms with Gasteiger partial charge < -0.3 is 9.84 Å². The molecule has 0 saturated heterocycles. The van der Waals surface area contributed by atoms with E-state index >= 15 is 0 Å². The maximum absolute atomic E-state index is 12.3. The van der Waals surface area contributed by atoms with Gasteiger partial charge in [-0.15, -0.1) is 0 Å². The van der Waals surface area contributed by atoms with Gasteiger partial charge in [-0.3, -0.25) is 0 Å². The van der Waals surface area contributed by atoms with E-state index in [0.717, 1.165) is 5.56 Å². The van der Waals surface area contributed by atoms with Crippen molar-refractivity contribution in [2.75, 3.05) is 5.75 Å². The lowest BCUT2D eigenvalue weighted by molar-refractivity contribution is -0.145. The number of hydrogen-bond acceptors (Lipinski definition) is 4. The second kappa shape index (κ2) is 9.63. The zero-order chi connectivity index (χ0) is 21.7. The van der Waals surface area contributed by atoms with Crippen molar-refractivity contribution in [3.63, 3.8) is 0 Å². The predicted octanol–water partition coefficient (Wildman–Crippen LogP) is 5.11. The molecule has 0 aromatic heterocycles. The Balaban J connectivity index is 1.89. The Morgan fingerprint density at radius 2 is 1.62 bits per heavy atom. The van der Waals surface area contributed by atoms with Crippen LogP contribution >= 0.6 is 11.6 Å². The number of sulfone groups is 1. The number of unbranched alkanes of at least 4 members (excludes halogenated alkanes) is 1. The molecule has 1 atom stereocenters. The first-order valence-corrected chi connectivity index (χ1v) is 11.5. The second-order valence-corrected chi connectivity index (χ2v) is 10.5. The number of aliphatic carboxylic acids is 1. The highest BCUT2D eigenvalue weighted by Gasteiger charge is 2.21. The fourth-order valence-corrected chi connectivity index (χ4v) is 4.31. The van der Waals surface area contributed by atoms with E-state index in [0.29, 0.717) is 23.6 Å². The van der Waals surface area contributed by atoms with Crippen LogP contribution in [0.4, 0.5) is 0 Å². The molecule has 7 heteroatoms. The van der Waals surface area contributed by atoms with E-state index in [-0.39, 0.29) is 22.5 Å². The minimum absolute atomic E-state index is 0.000305. The molecule has 5 nitrogen and oxygen atoms in total. The molecule has 0 amide bonds. The lowest BCUT2D eigenvalue weighted by Crippen LogP contribution is -2.27. The van der Waals surface area contributed by atoms with Crippen LogP contribution in [0.15, 0.2) is 53.4 Å². The lowest BCUT2D eigenvalue weighted by atomic mass is 9.87. The quantitative estimate of drug-likeness (QED) is 0.550. The van der Waals surface area contributed by atoms with Gasteiger partial charge in [0.15, 0.2) is 15.9 Å². The molecule has 2 aromatic rings. The van der Waals surface area contributed by atoms with E-state index in [4.69, 9.17) is 16.3 Å². The van der Waals surface area contributed by atoms with Crippen molar-refractivity contribution < 1.29 is 23.1 Å². The molecular weight excluding hydrogens is 412 g/mol. The summed E-state index contributed by atoms with van der Waals surface area (Å²) < 4.78 is 30.3. The maximum Gasteiger partial charge on any atom is 0.344 e. The minimum atomic E-state index is -3.42. The van der Waals surface area contributed by atoms with E-state index in [1.165, 1.54) is 24.3 Å². The van der Waals surface area contributed by atoms with Crippen molar-refractivity contribution in [1.29, 1.82) is 0 Å². The number of ether oxygens (including phenoxy) is 1. The van der Waals surface area contributed by atoms with Crippen molar-refractivity contribution in [2.45, 2.75) is 56.4 Å². The van der Waals surface area contributed by atoms with Crippen LogP contribution in [0.5, 0.6) is 5.75 Å². The smallest absolute Gasteiger partial charge is 0.344 e. The third-order valence-electron chi connectivity index (χ3n) is 4.58. The van der Waals surface area contributed by atoms with Gasteiger partial charge in [0.1, 0.15) is 5.75 Å². The third-order valence-corrected chi connectivity index (χ3v) is 6.64. The van der Waals surface area contributed by atoms with E-state index in [2.05, 4.69) is 20.8 Å². The van der Waals surface area contributed by atoms with Crippen molar-refractivity contribution in [3.05, 3.63) is 59.1 Å². The van der Waals surface area contributed by atoms with E-state index in [1.807, 2.05) is 12.1 Å². The van der Waals surface area contributed by atoms with Crippen LogP contribution in [0, 0.1) is 0 Å². The van der Waals surface area contributed by atoms with Gasteiger partial charge in [-0.2, -0.15) is 0 Å². The summed E-state index contributed by atoms with van der Waals surface area (Å²) in [6.07, 6.45) is -0.0223. The van der Waals surface area contributed by atoms with E-state index in [1.54, 1.807) is 12.1 Å². The van der Waals surface area contributed by atoms with Crippen LogP contribution in [-0.4, -0.2) is 31.4 Å². The zero-order valence-corrected chi connectivity index (χ0v) is 18.5. The highest BCUT2D eigenvalue weighted by Crippen LogP contribution is 2.25. The van der Waals surface area contributed by atoms with E-state index < -0.39 is 21.9 Å². The van der Waals surface area contributed by atoms with Gasteiger partial charge in [-0.25, -0.2) is 13.2 Å². The first-order chi connectivity index (χ1) is 13.5. The van der Waals surface area contributed by atoms with Gasteiger partial charge in [-0.1, -0.05) is 44.5 Å². The molecular formula is C22H27ClO5S. The molecule has 1 N–H and O–H groups in total. The van der Waals surface area contributed by atoms with Crippen LogP contribution in [0.2, 0.25) is 5.02 Å². The second-order valence-electron chi connectivity index (χ2n) is 7.99. The molecule has 0 aliphatic carbocycles. The van der Waals surface area contributed by atoms with Gasteiger partial charge in [0.25, 0.3) is 0 Å². The monoisotopic (exact) mass is 438 g/mol. The number of hydrogen-bond donors (Lipinski definition) is 1. The number of carbonyl (C=O) groups is 1. The molecule has 29 heavy (non-hydrogen) atoms. The van der Waals surface area contributed by atoms with Crippen LogP contribution in [-0.2, 0) is 20.0 Å². The molecule has 0 bridgehead atoms. The Labute approximate surface area is 177 Å².